The number of carboxylic acids is 1. The van der Waals surface area contributed by atoms with Crippen molar-refractivity contribution in [3.8, 4) is 11.1 Å². The second kappa shape index (κ2) is 8.43. The number of alkyl carbamates (subject to hydrolysis) is 1. The molecule has 2 aromatic rings. The van der Waals surface area contributed by atoms with E-state index in [4.69, 9.17) is 39.5 Å². The van der Waals surface area contributed by atoms with Crippen LogP contribution in [0.3, 0.4) is 0 Å². The smallest absolute Gasteiger partial charge is 0.408 e. The normalized spacial score (nSPS) is 12.3. The summed E-state index contributed by atoms with van der Waals surface area (Å²) in [5.74, 6) is -1.24. The highest BCUT2D eigenvalue weighted by atomic mass is 35.6. The van der Waals surface area contributed by atoms with Crippen LogP contribution in [0.25, 0.3) is 11.1 Å². The van der Waals surface area contributed by atoms with E-state index in [9.17, 15) is 14.7 Å². The molecule has 0 aliphatic rings. The molecule has 0 unspecified atom stereocenters. The molecule has 0 saturated heterocycles. The lowest BCUT2D eigenvalue weighted by Crippen LogP contribution is -2.35. The average Bonchev–Trinajstić information content (AvgIpc) is 2.58. The van der Waals surface area contributed by atoms with Crippen LogP contribution in [0.1, 0.15) is 11.6 Å². The third kappa shape index (κ3) is 6.12. The van der Waals surface area contributed by atoms with Crippen molar-refractivity contribution >= 4 is 46.9 Å². The number of alkyl halides is 3. The largest absolute Gasteiger partial charge is 0.479 e. The van der Waals surface area contributed by atoms with Gasteiger partial charge in [-0.15, -0.1) is 0 Å². The Kier molecular flexibility index (Phi) is 6.53. The molecule has 0 radical (unpaired) electrons. The molecular weight excluding hydrogens is 389 g/mol. The Morgan fingerprint density at radius 3 is 2.08 bits per heavy atom. The van der Waals surface area contributed by atoms with Crippen LogP contribution < -0.4 is 5.32 Å². The number of amides is 1. The molecule has 0 aliphatic carbocycles. The molecule has 0 spiro atoms. The van der Waals surface area contributed by atoms with E-state index >= 15 is 0 Å². The lowest BCUT2D eigenvalue weighted by Gasteiger charge is -2.17. The molecule has 0 bridgehead atoms. The van der Waals surface area contributed by atoms with Gasteiger partial charge < -0.3 is 15.2 Å². The summed E-state index contributed by atoms with van der Waals surface area (Å²) in [6.07, 6.45) is -0.995. The Morgan fingerprint density at radius 1 is 1.00 bits per heavy atom. The summed E-state index contributed by atoms with van der Waals surface area (Å²) in [5.41, 5.74) is 2.31. The minimum Gasteiger partial charge on any atom is -0.479 e. The lowest BCUT2D eigenvalue weighted by molar-refractivity contribution is -0.139. The number of ether oxygens (including phenoxy) is 1. The van der Waals surface area contributed by atoms with Gasteiger partial charge in [0.25, 0.3) is 0 Å². The fourth-order valence-electron chi connectivity index (χ4n) is 2.09. The van der Waals surface area contributed by atoms with Gasteiger partial charge in [-0.2, -0.15) is 0 Å². The van der Waals surface area contributed by atoms with Crippen molar-refractivity contribution in [3.05, 3.63) is 60.2 Å². The Labute approximate surface area is 159 Å². The Hall–Kier alpha value is -1.95. The molecule has 0 aromatic heterocycles. The lowest BCUT2D eigenvalue weighted by atomic mass is 10.0. The summed E-state index contributed by atoms with van der Waals surface area (Å²) in [7, 11) is 0. The maximum atomic E-state index is 11.7. The molecule has 2 N–H and O–H groups in total. The van der Waals surface area contributed by atoms with Gasteiger partial charge in [0.1, 0.15) is 6.61 Å². The fourth-order valence-corrected chi connectivity index (χ4v) is 2.26. The van der Waals surface area contributed by atoms with Gasteiger partial charge in [0.2, 0.25) is 3.79 Å². The molecule has 132 valence electrons. The van der Waals surface area contributed by atoms with Gasteiger partial charge in [-0.05, 0) is 16.7 Å². The number of hydrogen-bond acceptors (Lipinski definition) is 3. The van der Waals surface area contributed by atoms with Crippen LogP contribution in [0.15, 0.2) is 54.6 Å². The van der Waals surface area contributed by atoms with E-state index in [1.165, 1.54) is 0 Å². The van der Waals surface area contributed by atoms with Crippen LogP contribution in [-0.2, 0) is 9.53 Å². The van der Waals surface area contributed by atoms with Crippen molar-refractivity contribution < 1.29 is 19.4 Å². The number of carbonyl (C=O) groups excluding carboxylic acids is 1. The standard InChI is InChI=1S/C17H14Cl3NO4/c18-17(19,20)10-25-16(24)21-14(15(22)23)13-8-6-12(7-9-13)11-4-2-1-3-5-11/h1-9,14H,10H2,(H,21,24)(H,22,23)/t14-/m1/s1. The molecule has 1 atom stereocenters. The van der Waals surface area contributed by atoms with Crippen LogP contribution in [0.2, 0.25) is 0 Å². The summed E-state index contributed by atoms with van der Waals surface area (Å²) in [6.45, 7) is -0.497. The van der Waals surface area contributed by atoms with Crippen molar-refractivity contribution in [3.63, 3.8) is 0 Å². The predicted molar refractivity (Wildman–Crippen MR) is 97.0 cm³/mol. The molecule has 25 heavy (non-hydrogen) atoms. The second-order valence-corrected chi connectivity index (χ2v) is 7.61. The topological polar surface area (TPSA) is 75.6 Å². The molecule has 0 heterocycles. The zero-order valence-corrected chi connectivity index (χ0v) is 15.1. The first kappa shape index (κ1) is 19.4. The predicted octanol–water partition coefficient (Wildman–Crippen LogP) is 4.58. The summed E-state index contributed by atoms with van der Waals surface area (Å²) < 4.78 is 2.92. The zero-order chi connectivity index (χ0) is 18.4. The van der Waals surface area contributed by atoms with Crippen molar-refractivity contribution in [1.82, 2.24) is 5.32 Å². The Bertz CT molecular complexity index is 730. The molecule has 5 nitrogen and oxygen atoms in total. The number of carbonyl (C=O) groups is 2. The van der Waals surface area contributed by atoms with Crippen LogP contribution in [0, 0.1) is 0 Å². The van der Waals surface area contributed by atoms with Crippen LogP contribution in [0.4, 0.5) is 4.79 Å². The Balaban J connectivity index is 2.10. The van der Waals surface area contributed by atoms with Gasteiger partial charge in [-0.25, -0.2) is 9.59 Å². The van der Waals surface area contributed by atoms with Crippen LogP contribution in [0.5, 0.6) is 0 Å². The number of aliphatic carboxylic acids is 1. The number of benzene rings is 2. The number of halogens is 3. The summed E-state index contributed by atoms with van der Waals surface area (Å²) in [6, 6.07) is 15.1. The number of rotatable bonds is 5. The summed E-state index contributed by atoms with van der Waals surface area (Å²) >= 11 is 16.4. The SMILES string of the molecule is O=C(N[C@@H](C(=O)O)c1ccc(-c2ccccc2)cc1)OCC(Cl)(Cl)Cl. The highest BCUT2D eigenvalue weighted by Gasteiger charge is 2.26. The van der Waals surface area contributed by atoms with Crippen molar-refractivity contribution in [2.24, 2.45) is 0 Å². The van der Waals surface area contributed by atoms with Gasteiger partial charge in [-0.1, -0.05) is 89.4 Å². The van der Waals surface area contributed by atoms with E-state index in [2.05, 4.69) is 5.32 Å². The average molecular weight is 403 g/mol. The number of hydrogen-bond donors (Lipinski definition) is 2. The third-order valence-corrected chi connectivity index (χ3v) is 3.55. The van der Waals surface area contributed by atoms with Gasteiger partial charge in [-0.3, -0.25) is 0 Å². The molecule has 0 aliphatic heterocycles. The Morgan fingerprint density at radius 2 is 1.56 bits per heavy atom. The molecular formula is C17H14Cl3NO4. The fraction of sp³-hybridized carbons (Fsp3) is 0.176. The minimum absolute atomic E-state index is 0.387. The highest BCUT2D eigenvalue weighted by molar-refractivity contribution is 6.67. The van der Waals surface area contributed by atoms with E-state index in [0.29, 0.717) is 5.56 Å². The molecule has 8 heteroatoms. The first-order valence-corrected chi connectivity index (χ1v) is 8.28. The molecule has 2 aromatic carbocycles. The highest BCUT2D eigenvalue weighted by Crippen LogP contribution is 2.26. The van der Waals surface area contributed by atoms with Gasteiger partial charge in [0, 0.05) is 0 Å². The van der Waals surface area contributed by atoms with E-state index in [1.807, 2.05) is 30.3 Å². The summed E-state index contributed by atoms with van der Waals surface area (Å²) in [4.78, 5) is 23.1. The van der Waals surface area contributed by atoms with Crippen LogP contribution >= 0.6 is 34.8 Å². The first-order valence-electron chi connectivity index (χ1n) is 7.14. The van der Waals surface area contributed by atoms with E-state index in [1.54, 1.807) is 24.3 Å². The minimum atomic E-state index is -1.77. The van der Waals surface area contributed by atoms with Gasteiger partial charge >= 0.3 is 12.1 Å². The molecule has 2 rings (SSSR count). The monoisotopic (exact) mass is 401 g/mol. The van der Waals surface area contributed by atoms with E-state index in [-0.39, 0.29) is 0 Å². The second-order valence-electron chi connectivity index (χ2n) is 5.09. The van der Waals surface area contributed by atoms with Crippen molar-refractivity contribution in [1.29, 1.82) is 0 Å². The van der Waals surface area contributed by atoms with Crippen molar-refractivity contribution in [2.45, 2.75) is 9.83 Å². The summed E-state index contributed by atoms with van der Waals surface area (Å²) in [5, 5.41) is 11.6. The van der Waals surface area contributed by atoms with Gasteiger partial charge in [0.05, 0.1) is 0 Å². The first-order chi connectivity index (χ1) is 11.8. The zero-order valence-electron chi connectivity index (χ0n) is 12.8. The van der Waals surface area contributed by atoms with Gasteiger partial charge in [0.15, 0.2) is 6.04 Å². The van der Waals surface area contributed by atoms with E-state index in [0.717, 1.165) is 11.1 Å². The quantitative estimate of drug-likeness (QED) is 0.718. The molecule has 1 amide bonds. The van der Waals surface area contributed by atoms with Crippen LogP contribution in [-0.4, -0.2) is 27.6 Å². The number of carboxylic acid groups (broad SMARTS) is 1. The molecule has 0 saturated carbocycles. The maximum Gasteiger partial charge on any atom is 0.408 e. The third-order valence-electron chi connectivity index (χ3n) is 3.23. The number of nitrogens with one attached hydrogen (secondary N) is 1. The van der Waals surface area contributed by atoms with Crippen molar-refractivity contribution in [2.75, 3.05) is 6.61 Å². The van der Waals surface area contributed by atoms with E-state index < -0.39 is 28.5 Å². The molecule has 0 fully saturated rings. The maximum absolute atomic E-state index is 11.7.